The van der Waals surface area contributed by atoms with Crippen LogP contribution in [0.1, 0.15) is 6.92 Å². The normalized spacial score (nSPS) is 12.6. The van der Waals surface area contributed by atoms with Crippen LogP contribution in [-0.4, -0.2) is 26.9 Å². The second-order valence-corrected chi connectivity index (χ2v) is 2.57. The van der Waals surface area contributed by atoms with Gasteiger partial charge >= 0.3 is 0 Å². The van der Waals surface area contributed by atoms with Gasteiger partial charge < -0.3 is 10.4 Å². The Morgan fingerprint density at radius 3 is 2.92 bits per heavy atom. The van der Waals surface area contributed by atoms with Crippen LogP contribution < -0.4 is 5.32 Å². The fourth-order valence-corrected chi connectivity index (χ4v) is 0.732. The van der Waals surface area contributed by atoms with Crippen molar-refractivity contribution in [1.82, 2.24) is 9.78 Å². The molecular formula is C7H11N3O2. The molecule has 1 aromatic rings. The molecule has 0 aliphatic rings. The third-order valence-corrected chi connectivity index (χ3v) is 1.35. The lowest BCUT2D eigenvalue weighted by Crippen LogP contribution is -2.24. The van der Waals surface area contributed by atoms with Gasteiger partial charge in [0.2, 0.25) is 0 Å². The molecular weight excluding hydrogens is 158 g/mol. The molecule has 5 nitrogen and oxygen atoms in total. The molecule has 0 fully saturated rings. The zero-order valence-electron chi connectivity index (χ0n) is 6.98. The highest BCUT2D eigenvalue weighted by Gasteiger charge is 2.08. The number of aliphatic hydroxyl groups excluding tert-OH is 1. The number of nitrogens with zero attached hydrogens (tertiary/aromatic N) is 2. The van der Waals surface area contributed by atoms with Gasteiger partial charge in [-0.05, 0) is 6.92 Å². The predicted molar refractivity (Wildman–Crippen MR) is 43.5 cm³/mol. The summed E-state index contributed by atoms with van der Waals surface area (Å²) in [6.45, 7) is 1.41. The highest BCUT2D eigenvalue weighted by atomic mass is 16.3. The van der Waals surface area contributed by atoms with Crippen LogP contribution in [-0.2, 0) is 11.8 Å². The number of anilines is 1. The number of rotatable bonds is 2. The fraction of sp³-hybridized carbons (Fsp3) is 0.429. The average Bonchev–Trinajstić information content (AvgIpc) is 2.35. The predicted octanol–water partition coefficient (Wildman–Crippen LogP) is -0.261. The topological polar surface area (TPSA) is 67.2 Å². The summed E-state index contributed by atoms with van der Waals surface area (Å²) in [5, 5.41) is 15.2. The van der Waals surface area contributed by atoms with Crippen LogP contribution in [0.3, 0.4) is 0 Å². The molecule has 0 radical (unpaired) electrons. The van der Waals surface area contributed by atoms with E-state index in [-0.39, 0.29) is 0 Å². The Balaban J connectivity index is 2.58. The first-order chi connectivity index (χ1) is 5.59. The van der Waals surface area contributed by atoms with Gasteiger partial charge in [0.1, 0.15) is 6.10 Å². The Morgan fingerprint density at radius 1 is 1.83 bits per heavy atom. The number of nitrogens with one attached hydrogen (secondary N) is 1. The first-order valence-corrected chi connectivity index (χ1v) is 3.57. The van der Waals surface area contributed by atoms with Crippen LogP contribution >= 0.6 is 0 Å². The minimum absolute atomic E-state index is 0.428. The van der Waals surface area contributed by atoms with Crippen LogP contribution in [0.5, 0.6) is 0 Å². The summed E-state index contributed by atoms with van der Waals surface area (Å²) < 4.78 is 1.57. The van der Waals surface area contributed by atoms with Crippen molar-refractivity contribution in [3.63, 3.8) is 0 Å². The highest BCUT2D eigenvalue weighted by Crippen LogP contribution is 2.03. The van der Waals surface area contributed by atoms with Crippen molar-refractivity contribution < 1.29 is 9.90 Å². The Bertz CT molecular complexity index is 280. The van der Waals surface area contributed by atoms with Gasteiger partial charge in [-0.25, -0.2) is 0 Å². The number of aryl methyl sites for hydroxylation is 1. The van der Waals surface area contributed by atoms with Gasteiger partial charge in [0.15, 0.2) is 0 Å². The van der Waals surface area contributed by atoms with Crippen LogP contribution in [0.15, 0.2) is 12.4 Å². The monoisotopic (exact) mass is 169 g/mol. The number of carbonyl (C=O) groups excluding carboxylic acids is 1. The Morgan fingerprint density at radius 2 is 2.50 bits per heavy atom. The van der Waals surface area contributed by atoms with Crippen molar-refractivity contribution in [2.75, 3.05) is 5.32 Å². The van der Waals surface area contributed by atoms with Crippen LogP contribution in [0.25, 0.3) is 0 Å². The molecule has 0 aromatic carbocycles. The fourth-order valence-electron chi connectivity index (χ4n) is 0.732. The number of carbonyl (C=O) groups is 1. The maximum atomic E-state index is 10.9. The van der Waals surface area contributed by atoms with Gasteiger partial charge in [-0.2, -0.15) is 5.10 Å². The lowest BCUT2D eigenvalue weighted by Gasteiger charge is -2.02. The molecule has 1 atom stereocenters. The first kappa shape index (κ1) is 8.73. The minimum Gasteiger partial charge on any atom is -0.384 e. The summed E-state index contributed by atoms with van der Waals surface area (Å²) in [5.74, 6) is -0.428. The number of aromatic nitrogens is 2. The van der Waals surface area contributed by atoms with E-state index in [1.54, 1.807) is 17.9 Å². The van der Waals surface area contributed by atoms with E-state index in [1.807, 2.05) is 0 Å². The van der Waals surface area contributed by atoms with E-state index in [4.69, 9.17) is 5.11 Å². The lowest BCUT2D eigenvalue weighted by molar-refractivity contribution is -0.123. The summed E-state index contributed by atoms with van der Waals surface area (Å²) in [6.07, 6.45) is 2.17. The number of amides is 1. The number of aliphatic hydroxyl groups is 1. The second kappa shape index (κ2) is 3.36. The Labute approximate surface area is 70.0 Å². The number of hydrogen-bond acceptors (Lipinski definition) is 3. The van der Waals surface area contributed by atoms with Crippen molar-refractivity contribution >= 4 is 11.6 Å². The molecule has 5 heteroatoms. The minimum atomic E-state index is -0.995. The molecule has 12 heavy (non-hydrogen) atoms. The van der Waals surface area contributed by atoms with Crippen molar-refractivity contribution in [3.05, 3.63) is 12.4 Å². The zero-order chi connectivity index (χ0) is 9.14. The Hall–Kier alpha value is -1.36. The molecule has 0 aliphatic heterocycles. The molecule has 0 aliphatic carbocycles. The van der Waals surface area contributed by atoms with E-state index in [0.717, 1.165) is 0 Å². The Kier molecular flexibility index (Phi) is 2.44. The first-order valence-electron chi connectivity index (χ1n) is 3.57. The molecule has 0 saturated heterocycles. The molecule has 1 amide bonds. The molecule has 0 spiro atoms. The van der Waals surface area contributed by atoms with Crippen LogP contribution in [0.2, 0.25) is 0 Å². The zero-order valence-corrected chi connectivity index (χ0v) is 6.98. The molecule has 2 N–H and O–H groups in total. The van der Waals surface area contributed by atoms with E-state index in [1.165, 1.54) is 13.1 Å². The largest absolute Gasteiger partial charge is 0.384 e. The van der Waals surface area contributed by atoms with Gasteiger partial charge in [0.25, 0.3) is 5.91 Å². The molecule has 0 saturated carbocycles. The van der Waals surface area contributed by atoms with Crippen molar-refractivity contribution in [2.24, 2.45) is 7.05 Å². The summed E-state index contributed by atoms with van der Waals surface area (Å²) >= 11 is 0. The summed E-state index contributed by atoms with van der Waals surface area (Å²) in [7, 11) is 1.75. The van der Waals surface area contributed by atoms with E-state index in [2.05, 4.69) is 10.4 Å². The van der Waals surface area contributed by atoms with Crippen molar-refractivity contribution in [2.45, 2.75) is 13.0 Å². The summed E-state index contributed by atoms with van der Waals surface area (Å²) in [6, 6.07) is 0. The van der Waals surface area contributed by atoms with E-state index in [9.17, 15) is 4.79 Å². The second-order valence-electron chi connectivity index (χ2n) is 2.57. The van der Waals surface area contributed by atoms with Crippen LogP contribution in [0, 0.1) is 0 Å². The molecule has 0 unspecified atom stereocenters. The smallest absolute Gasteiger partial charge is 0.253 e. The third kappa shape index (κ3) is 2.06. The number of hydrogen-bond donors (Lipinski definition) is 2. The van der Waals surface area contributed by atoms with Crippen LogP contribution in [0.4, 0.5) is 5.69 Å². The van der Waals surface area contributed by atoms with E-state index >= 15 is 0 Å². The lowest BCUT2D eigenvalue weighted by atomic mass is 10.4. The summed E-state index contributed by atoms with van der Waals surface area (Å²) in [5.41, 5.74) is 0.586. The highest BCUT2D eigenvalue weighted by molar-refractivity contribution is 5.93. The van der Waals surface area contributed by atoms with Gasteiger partial charge in [-0.15, -0.1) is 0 Å². The van der Waals surface area contributed by atoms with Gasteiger partial charge in [0.05, 0.1) is 11.9 Å². The molecule has 0 bridgehead atoms. The van der Waals surface area contributed by atoms with Crippen molar-refractivity contribution in [1.29, 1.82) is 0 Å². The van der Waals surface area contributed by atoms with E-state index < -0.39 is 12.0 Å². The van der Waals surface area contributed by atoms with Crippen molar-refractivity contribution in [3.8, 4) is 0 Å². The maximum absolute atomic E-state index is 10.9. The standard InChI is InChI=1S/C7H11N3O2/c1-5(11)7(12)9-6-3-8-10(2)4-6/h3-5,11H,1-2H3,(H,9,12)/t5-/m0/s1. The molecule has 1 rings (SSSR count). The molecule has 66 valence electrons. The van der Waals surface area contributed by atoms with Gasteiger partial charge in [0, 0.05) is 13.2 Å². The summed E-state index contributed by atoms with van der Waals surface area (Å²) in [4.78, 5) is 10.9. The average molecular weight is 169 g/mol. The van der Waals surface area contributed by atoms with E-state index in [0.29, 0.717) is 5.69 Å². The van der Waals surface area contributed by atoms with Gasteiger partial charge in [-0.3, -0.25) is 9.48 Å². The van der Waals surface area contributed by atoms with Gasteiger partial charge in [-0.1, -0.05) is 0 Å². The molecule has 1 heterocycles. The quantitative estimate of drug-likeness (QED) is 0.641. The molecule has 1 aromatic heterocycles. The third-order valence-electron chi connectivity index (χ3n) is 1.35. The SMILES string of the molecule is C[C@H](O)C(=O)Nc1cnn(C)c1. The maximum Gasteiger partial charge on any atom is 0.253 e.